The van der Waals surface area contributed by atoms with E-state index >= 15 is 0 Å². The Morgan fingerprint density at radius 2 is 2.16 bits per heavy atom. The Bertz CT molecular complexity index is 984. The summed E-state index contributed by atoms with van der Waals surface area (Å²) >= 11 is 1.34. The molecule has 2 N–H and O–H groups in total. The lowest BCUT2D eigenvalue weighted by molar-refractivity contribution is 0.0692. The van der Waals surface area contributed by atoms with Crippen LogP contribution >= 0.6 is 11.9 Å². The van der Waals surface area contributed by atoms with Crippen molar-refractivity contribution in [1.82, 2.24) is 4.90 Å². The van der Waals surface area contributed by atoms with Crippen LogP contribution in [0.5, 0.6) is 5.75 Å². The predicted molar refractivity (Wildman–Crippen MR) is 126 cm³/mol. The van der Waals surface area contributed by atoms with Crippen molar-refractivity contribution in [2.75, 3.05) is 31.0 Å². The average molecular weight is 459 g/mol. The van der Waals surface area contributed by atoms with Crippen molar-refractivity contribution in [2.24, 2.45) is 5.92 Å². The first kappa shape index (κ1) is 22.9. The highest BCUT2D eigenvalue weighted by Gasteiger charge is 2.27. The number of nitrogens with zero attached hydrogens (tertiary/aromatic N) is 1. The SMILES string of the molecule is CCN1CCCC(Cc2cc(F)ccc2SNc2ccc3c(c2C(=O)O)OCCC3C)C1. The highest BCUT2D eigenvalue weighted by molar-refractivity contribution is 8.00. The number of fused-ring (bicyclic) bond motifs is 1. The summed E-state index contributed by atoms with van der Waals surface area (Å²) in [5.74, 6) is -0.0309. The molecule has 0 bridgehead atoms. The molecule has 2 aromatic carbocycles. The molecule has 0 saturated carbocycles. The number of anilines is 1. The maximum atomic E-state index is 14.1. The molecule has 2 aliphatic rings. The number of carbonyl (C=O) groups is 1. The number of piperidine rings is 1. The van der Waals surface area contributed by atoms with Crippen LogP contribution in [0.4, 0.5) is 10.1 Å². The number of benzene rings is 2. The van der Waals surface area contributed by atoms with Gasteiger partial charge in [-0.1, -0.05) is 19.9 Å². The second kappa shape index (κ2) is 10.1. The minimum absolute atomic E-state index is 0.163. The summed E-state index contributed by atoms with van der Waals surface area (Å²) < 4.78 is 23.0. The highest BCUT2D eigenvalue weighted by Crippen LogP contribution is 2.41. The minimum Gasteiger partial charge on any atom is -0.492 e. The third-order valence-corrected chi connectivity index (χ3v) is 7.52. The van der Waals surface area contributed by atoms with Crippen molar-refractivity contribution >= 4 is 23.6 Å². The summed E-state index contributed by atoms with van der Waals surface area (Å²) in [5.41, 5.74) is 2.56. The molecule has 2 aromatic rings. The first-order valence-electron chi connectivity index (χ1n) is 11.4. The molecule has 172 valence electrons. The molecule has 32 heavy (non-hydrogen) atoms. The number of carboxylic acids is 1. The maximum Gasteiger partial charge on any atom is 0.341 e. The monoisotopic (exact) mass is 458 g/mol. The molecule has 4 rings (SSSR count). The second-order valence-electron chi connectivity index (χ2n) is 8.81. The number of hydrogen-bond donors (Lipinski definition) is 2. The lowest BCUT2D eigenvalue weighted by Crippen LogP contribution is -2.36. The Labute approximate surface area is 193 Å². The lowest BCUT2D eigenvalue weighted by atomic mass is 9.91. The molecule has 0 amide bonds. The van der Waals surface area contributed by atoms with Gasteiger partial charge in [-0.25, -0.2) is 9.18 Å². The average Bonchev–Trinajstić information content (AvgIpc) is 2.78. The molecule has 2 aliphatic heterocycles. The first-order chi connectivity index (χ1) is 15.5. The van der Waals surface area contributed by atoms with Gasteiger partial charge < -0.3 is 19.5 Å². The fourth-order valence-electron chi connectivity index (χ4n) is 4.77. The molecule has 1 fully saturated rings. The van der Waals surface area contributed by atoms with Crippen molar-refractivity contribution in [3.63, 3.8) is 0 Å². The lowest BCUT2D eigenvalue weighted by Gasteiger charge is -2.32. The quantitative estimate of drug-likeness (QED) is 0.511. The zero-order valence-electron chi connectivity index (χ0n) is 18.7. The van der Waals surface area contributed by atoms with Crippen LogP contribution in [0.2, 0.25) is 0 Å². The number of halogens is 1. The number of nitrogens with one attached hydrogen (secondary N) is 1. The molecule has 0 aliphatic carbocycles. The number of ether oxygens (including phenoxy) is 1. The molecule has 2 heterocycles. The van der Waals surface area contributed by atoms with E-state index in [1.807, 2.05) is 12.1 Å². The maximum absolute atomic E-state index is 14.1. The Balaban J connectivity index is 1.55. The minimum atomic E-state index is -1.01. The fourth-order valence-corrected chi connectivity index (χ4v) is 5.57. The van der Waals surface area contributed by atoms with Crippen molar-refractivity contribution < 1.29 is 19.0 Å². The third kappa shape index (κ3) is 5.04. The van der Waals surface area contributed by atoms with E-state index in [2.05, 4.69) is 23.5 Å². The summed E-state index contributed by atoms with van der Waals surface area (Å²) in [6.07, 6.45) is 4.01. The smallest absolute Gasteiger partial charge is 0.341 e. The number of carboxylic acid groups (broad SMARTS) is 1. The van der Waals surface area contributed by atoms with Crippen LogP contribution < -0.4 is 9.46 Å². The topological polar surface area (TPSA) is 61.8 Å². The molecular formula is C25H31FN2O3S. The Morgan fingerprint density at radius 1 is 1.31 bits per heavy atom. The van der Waals surface area contributed by atoms with Gasteiger partial charge in [0.05, 0.1) is 12.3 Å². The number of hydrogen-bond acceptors (Lipinski definition) is 5. The molecule has 0 radical (unpaired) electrons. The van der Waals surface area contributed by atoms with Gasteiger partial charge in [-0.05, 0) is 97.9 Å². The van der Waals surface area contributed by atoms with Crippen molar-refractivity contribution in [3.8, 4) is 5.75 Å². The van der Waals surface area contributed by atoms with E-state index in [0.29, 0.717) is 24.0 Å². The second-order valence-corrected chi connectivity index (χ2v) is 9.66. The molecule has 0 aromatic heterocycles. The zero-order chi connectivity index (χ0) is 22.7. The Hall–Kier alpha value is -2.25. The van der Waals surface area contributed by atoms with E-state index in [1.54, 1.807) is 12.1 Å². The van der Waals surface area contributed by atoms with E-state index in [0.717, 1.165) is 54.9 Å². The van der Waals surface area contributed by atoms with Crippen LogP contribution in [0.1, 0.15) is 60.5 Å². The predicted octanol–water partition coefficient (Wildman–Crippen LogP) is 5.80. The number of aromatic carboxylic acids is 1. The first-order valence-corrected chi connectivity index (χ1v) is 12.2. The highest BCUT2D eigenvalue weighted by atomic mass is 32.2. The van der Waals surface area contributed by atoms with Crippen molar-refractivity contribution in [1.29, 1.82) is 0 Å². The van der Waals surface area contributed by atoms with E-state index in [9.17, 15) is 14.3 Å². The van der Waals surface area contributed by atoms with Gasteiger partial charge in [0.15, 0.2) is 0 Å². The normalized spacial score (nSPS) is 21.0. The Kier molecular flexibility index (Phi) is 7.26. The molecule has 7 heteroatoms. The van der Waals surface area contributed by atoms with Gasteiger partial charge in [-0.2, -0.15) is 0 Å². The van der Waals surface area contributed by atoms with E-state index in [-0.39, 0.29) is 17.3 Å². The summed E-state index contributed by atoms with van der Waals surface area (Å²) in [6.45, 7) is 8.00. The standard InChI is InChI=1S/C25H31FN2O3S/c1-3-28-11-4-5-17(15-28)13-18-14-19(26)6-9-22(18)32-27-21-8-7-20-16(2)10-12-31-24(20)23(21)25(29)30/h6-9,14,16-17,27H,3-5,10-13,15H2,1-2H3,(H,29,30). The number of likely N-dealkylation sites (tertiary alicyclic amines) is 1. The number of rotatable bonds is 7. The molecule has 1 saturated heterocycles. The fraction of sp³-hybridized carbons (Fsp3) is 0.480. The third-order valence-electron chi connectivity index (χ3n) is 6.58. The summed E-state index contributed by atoms with van der Waals surface area (Å²) in [7, 11) is 0. The summed E-state index contributed by atoms with van der Waals surface area (Å²) in [4.78, 5) is 15.4. The van der Waals surface area contributed by atoms with Gasteiger partial charge >= 0.3 is 5.97 Å². The largest absolute Gasteiger partial charge is 0.492 e. The summed E-state index contributed by atoms with van der Waals surface area (Å²) in [5, 5.41) is 9.88. The van der Waals surface area contributed by atoms with Crippen LogP contribution in [0, 0.1) is 11.7 Å². The molecule has 5 nitrogen and oxygen atoms in total. The summed E-state index contributed by atoms with van der Waals surface area (Å²) in [6, 6.07) is 8.61. The molecule has 2 atom stereocenters. The van der Waals surface area contributed by atoms with E-state index in [4.69, 9.17) is 4.74 Å². The van der Waals surface area contributed by atoms with Gasteiger partial charge in [0.25, 0.3) is 0 Å². The van der Waals surface area contributed by atoms with Crippen LogP contribution in [-0.4, -0.2) is 42.2 Å². The van der Waals surface area contributed by atoms with Crippen LogP contribution in [0.25, 0.3) is 0 Å². The van der Waals surface area contributed by atoms with Gasteiger partial charge in [-0.3, -0.25) is 0 Å². The van der Waals surface area contributed by atoms with Crippen molar-refractivity contribution in [3.05, 3.63) is 52.8 Å². The van der Waals surface area contributed by atoms with Crippen LogP contribution in [0.3, 0.4) is 0 Å². The molecule has 0 spiro atoms. The van der Waals surface area contributed by atoms with Crippen LogP contribution in [0.15, 0.2) is 35.2 Å². The van der Waals surface area contributed by atoms with Gasteiger partial charge in [-0.15, -0.1) is 0 Å². The molecular weight excluding hydrogens is 427 g/mol. The van der Waals surface area contributed by atoms with Crippen molar-refractivity contribution in [2.45, 2.75) is 50.3 Å². The van der Waals surface area contributed by atoms with Gasteiger partial charge in [0, 0.05) is 11.4 Å². The van der Waals surface area contributed by atoms with Gasteiger partial charge in [0.2, 0.25) is 0 Å². The van der Waals surface area contributed by atoms with Gasteiger partial charge in [0.1, 0.15) is 17.1 Å². The van der Waals surface area contributed by atoms with E-state index in [1.165, 1.54) is 24.4 Å². The van der Waals surface area contributed by atoms with Crippen LogP contribution in [-0.2, 0) is 6.42 Å². The Morgan fingerprint density at radius 3 is 2.94 bits per heavy atom. The van der Waals surface area contributed by atoms with E-state index < -0.39 is 5.97 Å². The molecule has 2 unspecified atom stereocenters. The zero-order valence-corrected chi connectivity index (χ0v) is 19.5.